The molecule has 4 heteroatoms. The third-order valence-corrected chi connectivity index (χ3v) is 5.03. The Hall–Kier alpha value is -2.20. The van der Waals surface area contributed by atoms with Crippen LogP contribution in [0, 0.1) is 12.8 Å². The van der Waals surface area contributed by atoms with E-state index in [1.165, 1.54) is 0 Å². The molecule has 0 aliphatic carbocycles. The van der Waals surface area contributed by atoms with Gasteiger partial charge >= 0.3 is 0 Å². The molecule has 0 unspecified atom stereocenters. The van der Waals surface area contributed by atoms with Crippen molar-refractivity contribution in [2.45, 2.75) is 39.0 Å². The minimum absolute atomic E-state index is 0.210. The molecule has 0 radical (unpaired) electrons. The van der Waals surface area contributed by atoms with Crippen LogP contribution in [0.3, 0.4) is 0 Å². The van der Waals surface area contributed by atoms with Crippen molar-refractivity contribution in [3.63, 3.8) is 0 Å². The van der Waals surface area contributed by atoms with Crippen molar-refractivity contribution in [2.24, 2.45) is 10.3 Å². The fourth-order valence-corrected chi connectivity index (χ4v) is 3.60. The van der Waals surface area contributed by atoms with Gasteiger partial charge in [0, 0.05) is 5.56 Å². The molecule has 3 nitrogen and oxygen atoms in total. The fraction of sp³-hybridized carbons (Fsp3) is 0.286. The van der Waals surface area contributed by atoms with E-state index in [4.69, 9.17) is 0 Å². The first-order valence-corrected chi connectivity index (χ1v) is 9.86. The van der Waals surface area contributed by atoms with Gasteiger partial charge in [0.2, 0.25) is 0 Å². The van der Waals surface area contributed by atoms with Gasteiger partial charge in [-0.15, -0.1) is 0 Å². The number of aryl methyl sites for hydroxylation is 1. The molecule has 0 atom stereocenters. The molecule has 0 N–H and O–H groups in total. The molecule has 0 heterocycles. The highest BCUT2D eigenvalue weighted by Crippen LogP contribution is 2.17. The average molecular weight is 356 g/mol. The second-order valence-corrected chi connectivity index (χ2v) is 8.32. The van der Waals surface area contributed by atoms with Gasteiger partial charge in [-0.05, 0) is 44.4 Å². The number of benzene rings is 2. The maximum Gasteiger partial charge on any atom is 0.282 e. The Morgan fingerprint density at radius 1 is 1.04 bits per heavy atom. The van der Waals surface area contributed by atoms with E-state index in [9.17, 15) is 8.42 Å². The second kappa shape index (κ2) is 8.26. The van der Waals surface area contributed by atoms with Gasteiger partial charge in [-0.3, -0.25) is 0 Å². The quantitative estimate of drug-likeness (QED) is 0.671. The molecule has 2 rings (SSSR count). The van der Waals surface area contributed by atoms with E-state index in [1.54, 1.807) is 24.3 Å². The minimum atomic E-state index is -3.76. The highest BCUT2D eigenvalue weighted by atomic mass is 32.2. The molecule has 0 aromatic heterocycles. The maximum absolute atomic E-state index is 12.7. The monoisotopic (exact) mass is 355 g/mol. The van der Waals surface area contributed by atoms with Gasteiger partial charge in [-0.25, -0.2) is 0 Å². The predicted molar refractivity (Wildman–Crippen MR) is 105 cm³/mol. The van der Waals surface area contributed by atoms with Gasteiger partial charge < -0.3 is 0 Å². The standard InChI is InChI=1S/C21H25NO2S/c1-16(2)14-18(4)15-21(19-8-6-5-7-9-19)22-25(23,24)20-12-10-17(3)11-13-20/h5-13,15-16H,14H2,1-4H3/b18-15+,22-21?. The molecule has 0 fully saturated rings. The summed E-state index contributed by atoms with van der Waals surface area (Å²) in [5.74, 6) is 0.502. The summed E-state index contributed by atoms with van der Waals surface area (Å²) in [5, 5.41) is 0. The predicted octanol–water partition coefficient (Wildman–Crippen LogP) is 5.17. The number of allylic oxidation sites excluding steroid dienone is 2. The van der Waals surface area contributed by atoms with Crippen molar-refractivity contribution in [3.05, 3.63) is 77.4 Å². The Morgan fingerprint density at radius 2 is 1.64 bits per heavy atom. The average Bonchev–Trinajstić information content (AvgIpc) is 2.54. The zero-order chi connectivity index (χ0) is 18.4. The summed E-state index contributed by atoms with van der Waals surface area (Å²) in [6.45, 7) is 8.21. The molecule has 0 bridgehead atoms. The molecular weight excluding hydrogens is 330 g/mol. The van der Waals surface area contributed by atoms with E-state index in [2.05, 4.69) is 18.2 Å². The Labute approximate surface area is 151 Å². The summed E-state index contributed by atoms with van der Waals surface area (Å²) in [7, 11) is -3.76. The molecule has 0 saturated heterocycles. The van der Waals surface area contributed by atoms with Crippen LogP contribution in [0.4, 0.5) is 0 Å². The van der Waals surface area contributed by atoms with E-state index >= 15 is 0 Å². The van der Waals surface area contributed by atoms with Crippen molar-refractivity contribution in [1.29, 1.82) is 0 Å². The van der Waals surface area contributed by atoms with Crippen LogP contribution >= 0.6 is 0 Å². The fourth-order valence-electron chi connectivity index (χ4n) is 2.60. The van der Waals surface area contributed by atoms with Crippen LogP contribution in [0.2, 0.25) is 0 Å². The van der Waals surface area contributed by atoms with Gasteiger partial charge in [0.1, 0.15) is 0 Å². The second-order valence-electron chi connectivity index (χ2n) is 6.72. The summed E-state index contributed by atoms with van der Waals surface area (Å²) in [6.07, 6.45) is 2.78. The van der Waals surface area contributed by atoms with E-state index in [0.29, 0.717) is 11.6 Å². The van der Waals surface area contributed by atoms with Gasteiger partial charge in [0.05, 0.1) is 10.6 Å². The van der Waals surface area contributed by atoms with Crippen molar-refractivity contribution in [2.75, 3.05) is 0 Å². The van der Waals surface area contributed by atoms with Gasteiger partial charge in [0.25, 0.3) is 10.0 Å². The SMILES string of the molecule is C/C(=C\C(=NS(=O)(=O)c1ccc(C)cc1)c1ccccc1)CC(C)C. The molecule has 2 aromatic rings. The molecule has 0 aliphatic rings. The zero-order valence-electron chi connectivity index (χ0n) is 15.2. The van der Waals surface area contributed by atoms with Crippen molar-refractivity contribution < 1.29 is 8.42 Å². The minimum Gasteiger partial charge on any atom is -0.199 e. The Balaban J connectivity index is 2.51. The van der Waals surface area contributed by atoms with E-state index in [-0.39, 0.29) is 4.90 Å². The highest BCUT2D eigenvalue weighted by molar-refractivity contribution is 7.90. The van der Waals surface area contributed by atoms with Crippen LogP contribution in [0.25, 0.3) is 0 Å². The smallest absolute Gasteiger partial charge is 0.199 e. The normalized spacial score (nSPS) is 13.3. The first kappa shape index (κ1) is 19.1. The third kappa shape index (κ3) is 5.68. The molecule has 25 heavy (non-hydrogen) atoms. The summed E-state index contributed by atoms with van der Waals surface area (Å²) in [6, 6.07) is 16.2. The first-order chi connectivity index (χ1) is 11.8. The van der Waals surface area contributed by atoms with E-state index in [1.807, 2.05) is 50.3 Å². The summed E-state index contributed by atoms with van der Waals surface area (Å²) >= 11 is 0. The molecule has 0 aliphatic heterocycles. The molecule has 0 amide bonds. The molecule has 132 valence electrons. The van der Waals surface area contributed by atoms with Crippen LogP contribution in [0.5, 0.6) is 0 Å². The van der Waals surface area contributed by atoms with Crippen LogP contribution in [-0.4, -0.2) is 14.1 Å². The Kier molecular flexibility index (Phi) is 6.32. The first-order valence-electron chi connectivity index (χ1n) is 8.42. The molecule has 0 saturated carbocycles. The van der Waals surface area contributed by atoms with E-state index < -0.39 is 10.0 Å². The largest absolute Gasteiger partial charge is 0.282 e. The van der Waals surface area contributed by atoms with Crippen LogP contribution in [-0.2, 0) is 10.0 Å². The Bertz CT molecular complexity index is 862. The number of rotatable bonds is 6. The lowest BCUT2D eigenvalue weighted by Crippen LogP contribution is -2.05. The molecule has 0 spiro atoms. The summed E-state index contributed by atoms with van der Waals surface area (Å²) in [5.41, 5.74) is 3.39. The van der Waals surface area contributed by atoms with Gasteiger partial charge in [-0.2, -0.15) is 12.8 Å². The molecular formula is C21H25NO2S. The third-order valence-electron chi connectivity index (χ3n) is 3.72. The summed E-state index contributed by atoms with van der Waals surface area (Å²) < 4.78 is 29.6. The number of nitrogens with zero attached hydrogens (tertiary/aromatic N) is 1. The maximum atomic E-state index is 12.7. The van der Waals surface area contributed by atoms with Crippen molar-refractivity contribution >= 4 is 15.7 Å². The van der Waals surface area contributed by atoms with Crippen LogP contribution in [0.15, 0.2) is 75.5 Å². The Morgan fingerprint density at radius 3 is 2.20 bits per heavy atom. The summed E-state index contributed by atoms with van der Waals surface area (Å²) in [4.78, 5) is 0.210. The van der Waals surface area contributed by atoms with Gasteiger partial charge in [-0.1, -0.05) is 67.4 Å². The lowest BCUT2D eigenvalue weighted by Gasteiger charge is -2.08. The van der Waals surface area contributed by atoms with E-state index in [0.717, 1.165) is 23.1 Å². The number of sulfonamides is 1. The lowest BCUT2D eigenvalue weighted by molar-refractivity contribution is 0.598. The van der Waals surface area contributed by atoms with Crippen molar-refractivity contribution in [3.8, 4) is 0 Å². The van der Waals surface area contributed by atoms with Crippen LogP contribution in [0.1, 0.15) is 38.3 Å². The molecule has 2 aromatic carbocycles. The number of hydrogen-bond donors (Lipinski definition) is 0. The highest BCUT2D eigenvalue weighted by Gasteiger charge is 2.14. The topological polar surface area (TPSA) is 46.5 Å². The van der Waals surface area contributed by atoms with Crippen molar-refractivity contribution in [1.82, 2.24) is 0 Å². The zero-order valence-corrected chi connectivity index (χ0v) is 16.0. The van der Waals surface area contributed by atoms with Crippen LogP contribution < -0.4 is 0 Å². The van der Waals surface area contributed by atoms with Gasteiger partial charge in [0.15, 0.2) is 0 Å². The lowest BCUT2D eigenvalue weighted by atomic mass is 10.0. The number of hydrogen-bond acceptors (Lipinski definition) is 2.